The first-order valence-electron chi connectivity index (χ1n) is 13.9. The lowest BCUT2D eigenvalue weighted by Gasteiger charge is -2.45. The summed E-state index contributed by atoms with van der Waals surface area (Å²) in [6.45, 7) is 26.1. The molecule has 0 nitrogen and oxygen atoms in total. The highest BCUT2D eigenvalue weighted by molar-refractivity contribution is 5.11. The molecule has 2 saturated carbocycles. The molecule has 2 fully saturated rings. The number of fused-ring (bicyclic) bond motifs is 1. The second kappa shape index (κ2) is 13.3. The van der Waals surface area contributed by atoms with Gasteiger partial charge in [0.15, 0.2) is 0 Å². The van der Waals surface area contributed by atoms with Gasteiger partial charge in [-0.25, -0.2) is 0 Å². The molecular weight excluding hydrogens is 360 g/mol. The number of rotatable bonds is 9. The van der Waals surface area contributed by atoms with E-state index in [2.05, 4.69) is 68.4 Å². The molecule has 0 N–H and O–H groups in total. The molecule has 0 spiro atoms. The molecule has 2 rings (SSSR count). The zero-order valence-electron chi connectivity index (χ0n) is 22.8. The van der Waals surface area contributed by atoms with Crippen LogP contribution in [0.25, 0.3) is 0 Å². The van der Waals surface area contributed by atoms with Crippen LogP contribution in [-0.2, 0) is 0 Å². The summed E-state index contributed by atoms with van der Waals surface area (Å²) in [5.41, 5.74) is 1.77. The first-order chi connectivity index (χ1) is 14.2. The number of allylic oxidation sites excluding steroid dienone is 2. The van der Waals surface area contributed by atoms with Gasteiger partial charge in [-0.2, -0.15) is 0 Å². The Balaban J connectivity index is 0.00000218. The van der Waals surface area contributed by atoms with Crippen LogP contribution >= 0.6 is 0 Å². The second-order valence-electron chi connectivity index (χ2n) is 11.5. The third-order valence-corrected chi connectivity index (χ3v) is 8.87. The standard InChI is InChI=1S/C28H52.C2H6/c1-10-12-24(19(5)6)22(11-2)15-21(9)27-16-23(18(3)4)17-28-25(20(7)8)13-14-26(27)28;1-2/h15,18-21,23-28H,10-14,16-17H2,1-9H3;1-2H3. The molecule has 2 aliphatic carbocycles. The average molecular weight is 419 g/mol. The van der Waals surface area contributed by atoms with Crippen molar-refractivity contribution in [3.8, 4) is 0 Å². The third kappa shape index (κ3) is 6.87. The normalized spacial score (nSPS) is 31.5. The molecule has 7 unspecified atom stereocenters. The smallest absolute Gasteiger partial charge is 0.0180 e. The van der Waals surface area contributed by atoms with Crippen molar-refractivity contribution in [2.75, 3.05) is 0 Å². The summed E-state index contributed by atoms with van der Waals surface area (Å²) >= 11 is 0. The Bertz CT molecular complexity index is 482. The predicted octanol–water partition coefficient (Wildman–Crippen LogP) is 10.0. The summed E-state index contributed by atoms with van der Waals surface area (Å²) < 4.78 is 0. The van der Waals surface area contributed by atoms with Gasteiger partial charge in [-0.15, -0.1) is 0 Å². The Morgan fingerprint density at radius 3 is 1.90 bits per heavy atom. The van der Waals surface area contributed by atoms with Gasteiger partial charge in [0.25, 0.3) is 0 Å². The lowest BCUT2D eigenvalue weighted by atomic mass is 9.60. The van der Waals surface area contributed by atoms with Crippen molar-refractivity contribution in [1.29, 1.82) is 0 Å². The van der Waals surface area contributed by atoms with E-state index in [4.69, 9.17) is 0 Å². The molecule has 0 amide bonds. The fraction of sp³-hybridized carbons (Fsp3) is 0.933. The summed E-state index contributed by atoms with van der Waals surface area (Å²) in [6, 6.07) is 0. The highest BCUT2D eigenvalue weighted by Gasteiger charge is 2.47. The minimum atomic E-state index is 0.757. The summed E-state index contributed by atoms with van der Waals surface area (Å²) in [5, 5.41) is 0. The van der Waals surface area contributed by atoms with Crippen molar-refractivity contribution >= 4 is 0 Å². The molecule has 178 valence electrons. The lowest BCUT2D eigenvalue weighted by molar-refractivity contribution is 0.0542. The molecule has 30 heavy (non-hydrogen) atoms. The molecule has 2 aliphatic rings. The van der Waals surface area contributed by atoms with Gasteiger partial charge in [0, 0.05) is 0 Å². The molecule has 0 aliphatic heterocycles. The summed E-state index contributed by atoms with van der Waals surface area (Å²) in [7, 11) is 0. The lowest BCUT2D eigenvalue weighted by Crippen LogP contribution is -2.37. The van der Waals surface area contributed by atoms with Gasteiger partial charge >= 0.3 is 0 Å². The summed E-state index contributed by atoms with van der Waals surface area (Å²) in [4.78, 5) is 0. The maximum Gasteiger partial charge on any atom is -0.0180 e. The van der Waals surface area contributed by atoms with Crippen LogP contribution < -0.4 is 0 Å². The van der Waals surface area contributed by atoms with Gasteiger partial charge in [-0.1, -0.05) is 94.2 Å². The first kappa shape index (κ1) is 27.8. The maximum absolute atomic E-state index is 2.77. The fourth-order valence-corrected chi connectivity index (χ4v) is 7.18. The van der Waals surface area contributed by atoms with Gasteiger partial charge in [0.05, 0.1) is 0 Å². The molecule has 0 aromatic heterocycles. The van der Waals surface area contributed by atoms with Gasteiger partial charge in [-0.3, -0.25) is 0 Å². The van der Waals surface area contributed by atoms with Crippen molar-refractivity contribution in [2.24, 2.45) is 59.2 Å². The second-order valence-corrected chi connectivity index (χ2v) is 11.5. The molecule has 7 atom stereocenters. The van der Waals surface area contributed by atoms with E-state index in [1.807, 2.05) is 13.8 Å². The first-order valence-corrected chi connectivity index (χ1v) is 13.9. The molecule has 0 radical (unpaired) electrons. The molecule has 0 heteroatoms. The minimum absolute atomic E-state index is 0.757. The molecule has 0 saturated heterocycles. The third-order valence-electron chi connectivity index (χ3n) is 8.87. The van der Waals surface area contributed by atoms with Crippen LogP contribution in [-0.4, -0.2) is 0 Å². The van der Waals surface area contributed by atoms with Crippen LogP contribution in [0.2, 0.25) is 0 Å². The van der Waals surface area contributed by atoms with Crippen molar-refractivity contribution in [3.05, 3.63) is 11.6 Å². The van der Waals surface area contributed by atoms with E-state index in [1.165, 1.54) is 44.9 Å². The van der Waals surface area contributed by atoms with Crippen molar-refractivity contribution in [2.45, 2.75) is 121 Å². The topological polar surface area (TPSA) is 0 Å². The van der Waals surface area contributed by atoms with Crippen molar-refractivity contribution in [3.63, 3.8) is 0 Å². The fourth-order valence-electron chi connectivity index (χ4n) is 7.18. The van der Waals surface area contributed by atoms with E-state index in [0.29, 0.717) is 0 Å². The minimum Gasteiger partial charge on any atom is -0.0819 e. The Morgan fingerprint density at radius 1 is 0.800 bits per heavy atom. The largest absolute Gasteiger partial charge is 0.0819 e. The summed E-state index contributed by atoms with van der Waals surface area (Å²) in [5.74, 6) is 8.90. The maximum atomic E-state index is 2.77. The Morgan fingerprint density at radius 2 is 1.43 bits per heavy atom. The van der Waals surface area contributed by atoms with E-state index in [9.17, 15) is 0 Å². The van der Waals surface area contributed by atoms with Crippen LogP contribution in [0.3, 0.4) is 0 Å². The van der Waals surface area contributed by atoms with E-state index in [1.54, 1.807) is 5.57 Å². The highest BCUT2D eigenvalue weighted by Crippen LogP contribution is 2.55. The van der Waals surface area contributed by atoms with Crippen LogP contribution in [0, 0.1) is 59.2 Å². The molecular formula is C30H58. The van der Waals surface area contributed by atoms with Gasteiger partial charge in [-0.05, 0) is 97.7 Å². The van der Waals surface area contributed by atoms with Gasteiger partial charge in [0.2, 0.25) is 0 Å². The Labute approximate surface area is 192 Å². The molecule has 0 bridgehead atoms. The van der Waals surface area contributed by atoms with Crippen LogP contribution in [0.1, 0.15) is 121 Å². The van der Waals surface area contributed by atoms with Crippen molar-refractivity contribution < 1.29 is 0 Å². The van der Waals surface area contributed by atoms with Crippen LogP contribution in [0.5, 0.6) is 0 Å². The highest BCUT2D eigenvalue weighted by atomic mass is 14.5. The monoisotopic (exact) mass is 418 g/mol. The average Bonchev–Trinajstić information content (AvgIpc) is 3.15. The van der Waals surface area contributed by atoms with E-state index in [0.717, 1.165) is 59.2 Å². The number of hydrogen-bond donors (Lipinski definition) is 0. The van der Waals surface area contributed by atoms with Crippen LogP contribution in [0.15, 0.2) is 11.6 Å². The zero-order chi connectivity index (χ0) is 23.0. The summed E-state index contributed by atoms with van der Waals surface area (Å²) in [6.07, 6.45) is 12.7. The predicted molar refractivity (Wildman–Crippen MR) is 138 cm³/mol. The van der Waals surface area contributed by atoms with E-state index >= 15 is 0 Å². The Hall–Kier alpha value is -0.260. The Kier molecular flexibility index (Phi) is 12.3. The van der Waals surface area contributed by atoms with Gasteiger partial charge < -0.3 is 0 Å². The van der Waals surface area contributed by atoms with Crippen molar-refractivity contribution in [1.82, 2.24) is 0 Å². The SMILES string of the molecule is CC.CCCC(C(=CC(C)C1CC(C(C)C)CC2C(C(C)C)CCC12)CC)C(C)C. The van der Waals surface area contributed by atoms with E-state index < -0.39 is 0 Å². The number of hydrogen-bond acceptors (Lipinski definition) is 0. The quantitative estimate of drug-likeness (QED) is 0.327. The van der Waals surface area contributed by atoms with E-state index in [-0.39, 0.29) is 0 Å². The van der Waals surface area contributed by atoms with Gasteiger partial charge in [0.1, 0.15) is 0 Å². The molecule has 0 aromatic carbocycles. The van der Waals surface area contributed by atoms with Crippen LogP contribution in [0.4, 0.5) is 0 Å². The molecule has 0 heterocycles. The zero-order valence-corrected chi connectivity index (χ0v) is 22.8. The molecule has 0 aromatic rings.